The Kier molecular flexibility index (Phi) is 5.01. The van der Waals surface area contributed by atoms with Crippen molar-refractivity contribution in [1.29, 1.82) is 10.5 Å². The molecule has 0 aliphatic heterocycles. The van der Waals surface area contributed by atoms with E-state index in [0.717, 1.165) is 11.1 Å². The monoisotopic (exact) mass is 292 g/mol. The van der Waals surface area contributed by atoms with Crippen molar-refractivity contribution in [3.05, 3.63) is 59.2 Å². The summed E-state index contributed by atoms with van der Waals surface area (Å²) in [5.74, 6) is 1.01. The number of benzene rings is 2. The first-order valence-corrected chi connectivity index (χ1v) is 6.82. The van der Waals surface area contributed by atoms with Gasteiger partial charge in [-0.25, -0.2) is 0 Å². The van der Waals surface area contributed by atoms with E-state index in [0.29, 0.717) is 23.5 Å². The van der Waals surface area contributed by atoms with Gasteiger partial charge < -0.3 is 9.47 Å². The van der Waals surface area contributed by atoms with Gasteiger partial charge in [-0.3, -0.25) is 0 Å². The lowest BCUT2D eigenvalue weighted by molar-refractivity contribution is 0.397. The summed E-state index contributed by atoms with van der Waals surface area (Å²) in [5, 5.41) is 18.4. The van der Waals surface area contributed by atoms with Gasteiger partial charge in [-0.2, -0.15) is 10.5 Å². The van der Waals surface area contributed by atoms with E-state index in [1.807, 2.05) is 18.2 Å². The average Bonchev–Trinajstić information content (AvgIpc) is 2.59. The Morgan fingerprint density at radius 3 is 2.27 bits per heavy atom. The zero-order chi connectivity index (χ0) is 15.9. The highest BCUT2D eigenvalue weighted by atomic mass is 16.5. The van der Waals surface area contributed by atoms with Gasteiger partial charge in [0.2, 0.25) is 0 Å². The van der Waals surface area contributed by atoms with Crippen LogP contribution in [0.1, 0.15) is 22.6 Å². The fraction of sp³-hybridized carbons (Fsp3) is 0.222. The molecule has 0 aliphatic carbocycles. The molecule has 1 unspecified atom stereocenters. The van der Waals surface area contributed by atoms with Crippen molar-refractivity contribution in [2.45, 2.75) is 12.3 Å². The fourth-order valence-electron chi connectivity index (χ4n) is 2.29. The van der Waals surface area contributed by atoms with E-state index < -0.39 is 0 Å². The number of methoxy groups -OCH3 is 2. The Hall–Kier alpha value is -2.98. The van der Waals surface area contributed by atoms with E-state index in [2.05, 4.69) is 12.1 Å². The number of hydrogen-bond acceptors (Lipinski definition) is 4. The molecule has 0 saturated carbocycles. The summed E-state index contributed by atoms with van der Waals surface area (Å²) in [6.45, 7) is 0. The zero-order valence-corrected chi connectivity index (χ0v) is 12.5. The average molecular weight is 292 g/mol. The minimum Gasteiger partial charge on any atom is -0.497 e. The second-order valence-corrected chi connectivity index (χ2v) is 4.80. The third kappa shape index (κ3) is 3.37. The Morgan fingerprint density at radius 2 is 1.73 bits per heavy atom. The largest absolute Gasteiger partial charge is 0.497 e. The minimum atomic E-state index is -0.349. The summed E-state index contributed by atoms with van der Waals surface area (Å²) in [5.41, 5.74) is 2.40. The van der Waals surface area contributed by atoms with Gasteiger partial charge in [0.05, 0.1) is 37.8 Å². The van der Waals surface area contributed by atoms with E-state index in [1.54, 1.807) is 38.5 Å². The first kappa shape index (κ1) is 15.4. The van der Waals surface area contributed by atoms with Gasteiger partial charge in [0.1, 0.15) is 11.5 Å². The predicted octanol–water partition coefficient (Wildman–Crippen LogP) is 3.43. The van der Waals surface area contributed by atoms with Crippen LogP contribution < -0.4 is 9.47 Å². The van der Waals surface area contributed by atoms with Crippen molar-refractivity contribution < 1.29 is 9.47 Å². The highest BCUT2D eigenvalue weighted by Gasteiger charge is 2.17. The van der Waals surface area contributed by atoms with E-state index in [9.17, 15) is 5.26 Å². The van der Waals surface area contributed by atoms with E-state index in [-0.39, 0.29) is 5.92 Å². The molecule has 0 aromatic heterocycles. The molecule has 2 rings (SSSR count). The van der Waals surface area contributed by atoms with Gasteiger partial charge in [-0.1, -0.05) is 12.1 Å². The normalized spacial score (nSPS) is 11.1. The van der Waals surface area contributed by atoms with Crippen molar-refractivity contribution in [2.24, 2.45) is 0 Å². The SMILES string of the molecule is COc1ccc(OC)c(C(C#N)Cc2ccc(C#N)cc2)c1. The molecule has 0 N–H and O–H groups in total. The first-order valence-electron chi connectivity index (χ1n) is 6.82. The van der Waals surface area contributed by atoms with Gasteiger partial charge in [0, 0.05) is 5.56 Å². The van der Waals surface area contributed by atoms with Crippen LogP contribution in [0.2, 0.25) is 0 Å². The first-order chi connectivity index (χ1) is 10.7. The maximum Gasteiger partial charge on any atom is 0.123 e. The van der Waals surface area contributed by atoms with E-state index >= 15 is 0 Å². The van der Waals surface area contributed by atoms with Crippen molar-refractivity contribution in [3.8, 4) is 23.6 Å². The number of rotatable bonds is 5. The third-order valence-corrected chi connectivity index (χ3v) is 3.49. The van der Waals surface area contributed by atoms with Crippen LogP contribution in [0.3, 0.4) is 0 Å². The molecule has 1 atom stereocenters. The van der Waals surface area contributed by atoms with Crippen LogP contribution in [0.25, 0.3) is 0 Å². The Morgan fingerprint density at radius 1 is 1.00 bits per heavy atom. The topological polar surface area (TPSA) is 66.0 Å². The number of nitrogens with zero attached hydrogens (tertiary/aromatic N) is 2. The van der Waals surface area contributed by atoms with Crippen LogP contribution in [0.4, 0.5) is 0 Å². The van der Waals surface area contributed by atoms with Crippen LogP contribution >= 0.6 is 0 Å². The standard InChI is InChI=1S/C18H16N2O2/c1-21-16-7-8-18(22-2)17(10-16)15(12-20)9-13-3-5-14(11-19)6-4-13/h3-8,10,15H,9H2,1-2H3. The smallest absolute Gasteiger partial charge is 0.123 e. The summed E-state index contributed by atoms with van der Waals surface area (Å²) in [4.78, 5) is 0. The number of hydrogen-bond donors (Lipinski definition) is 0. The molecule has 0 aliphatic rings. The third-order valence-electron chi connectivity index (χ3n) is 3.49. The molecule has 2 aromatic rings. The van der Waals surface area contributed by atoms with Crippen LogP contribution in [0, 0.1) is 22.7 Å². The van der Waals surface area contributed by atoms with Gasteiger partial charge in [-0.15, -0.1) is 0 Å². The molecule has 0 bridgehead atoms. The molecule has 0 fully saturated rings. The summed E-state index contributed by atoms with van der Waals surface area (Å²) in [6.07, 6.45) is 0.547. The number of ether oxygens (including phenoxy) is 2. The van der Waals surface area contributed by atoms with Gasteiger partial charge >= 0.3 is 0 Å². The maximum absolute atomic E-state index is 9.53. The molecule has 22 heavy (non-hydrogen) atoms. The lowest BCUT2D eigenvalue weighted by Gasteiger charge is -2.15. The molecule has 0 amide bonds. The van der Waals surface area contributed by atoms with Crippen molar-refractivity contribution in [3.63, 3.8) is 0 Å². The molecule has 2 aromatic carbocycles. The molecule has 0 heterocycles. The van der Waals surface area contributed by atoms with Crippen LogP contribution in [-0.2, 0) is 6.42 Å². The van der Waals surface area contributed by atoms with E-state index in [1.165, 1.54) is 0 Å². The van der Waals surface area contributed by atoms with E-state index in [4.69, 9.17) is 14.7 Å². The molecule has 110 valence electrons. The fourth-order valence-corrected chi connectivity index (χ4v) is 2.29. The molecule has 0 saturated heterocycles. The minimum absolute atomic E-state index is 0.349. The van der Waals surface area contributed by atoms with Crippen LogP contribution in [0.15, 0.2) is 42.5 Å². The molecule has 0 radical (unpaired) electrons. The lowest BCUT2D eigenvalue weighted by atomic mass is 9.92. The highest BCUT2D eigenvalue weighted by Crippen LogP contribution is 2.32. The zero-order valence-electron chi connectivity index (χ0n) is 12.5. The van der Waals surface area contributed by atoms with Crippen molar-refractivity contribution >= 4 is 0 Å². The van der Waals surface area contributed by atoms with Crippen molar-refractivity contribution in [1.82, 2.24) is 0 Å². The predicted molar refractivity (Wildman–Crippen MR) is 82.8 cm³/mol. The van der Waals surface area contributed by atoms with Crippen LogP contribution in [0.5, 0.6) is 11.5 Å². The Labute approximate surface area is 130 Å². The second-order valence-electron chi connectivity index (χ2n) is 4.80. The van der Waals surface area contributed by atoms with Gasteiger partial charge in [-0.05, 0) is 42.3 Å². The quantitative estimate of drug-likeness (QED) is 0.846. The molecular formula is C18H16N2O2. The summed E-state index contributed by atoms with van der Waals surface area (Å²) < 4.78 is 10.6. The number of nitriles is 2. The molecule has 4 nitrogen and oxygen atoms in total. The summed E-state index contributed by atoms with van der Waals surface area (Å²) in [6, 6.07) is 17.1. The Balaban J connectivity index is 2.31. The van der Waals surface area contributed by atoms with Crippen LogP contribution in [-0.4, -0.2) is 14.2 Å². The summed E-state index contributed by atoms with van der Waals surface area (Å²) >= 11 is 0. The molecular weight excluding hydrogens is 276 g/mol. The molecule has 0 spiro atoms. The Bertz CT molecular complexity index is 724. The van der Waals surface area contributed by atoms with Gasteiger partial charge in [0.25, 0.3) is 0 Å². The van der Waals surface area contributed by atoms with Gasteiger partial charge in [0.15, 0.2) is 0 Å². The summed E-state index contributed by atoms with van der Waals surface area (Å²) in [7, 11) is 3.18. The lowest BCUT2D eigenvalue weighted by Crippen LogP contribution is -2.04. The second kappa shape index (κ2) is 7.15. The maximum atomic E-state index is 9.53. The molecule has 4 heteroatoms. The highest BCUT2D eigenvalue weighted by molar-refractivity contribution is 5.45. The van der Waals surface area contributed by atoms with Crippen molar-refractivity contribution in [2.75, 3.05) is 14.2 Å².